The highest BCUT2D eigenvalue weighted by Crippen LogP contribution is 2.34. The standard InChI is InChI=1S/C26H21BrClN3O4S/c1-4-34-25(33)21-15(3)30-26-31(22(21)16-7-5-14(2)6-8-16)24(32)20(36-26)12-17-11-18(28)13-19(27)23(17)35-10-9-29/h5-8,11-13,22H,4,10H2,1-3H3/b20-12-/t22-/m0/s1. The number of thiazole rings is 1. The first-order valence-corrected chi connectivity index (χ1v) is 13.0. The molecule has 0 bridgehead atoms. The number of esters is 1. The molecule has 184 valence electrons. The van der Waals surface area contributed by atoms with Crippen molar-refractivity contribution in [1.82, 2.24) is 4.57 Å². The van der Waals surface area contributed by atoms with Crippen LogP contribution in [-0.4, -0.2) is 23.8 Å². The van der Waals surface area contributed by atoms with Gasteiger partial charge in [-0.3, -0.25) is 9.36 Å². The van der Waals surface area contributed by atoms with E-state index in [1.807, 2.05) is 37.3 Å². The number of nitriles is 1. The Morgan fingerprint density at radius 2 is 2.03 bits per heavy atom. The molecule has 10 heteroatoms. The summed E-state index contributed by atoms with van der Waals surface area (Å²) in [5.74, 6) is -0.116. The van der Waals surface area contributed by atoms with Crippen LogP contribution in [0.25, 0.3) is 6.08 Å². The van der Waals surface area contributed by atoms with Crippen molar-refractivity contribution < 1.29 is 14.3 Å². The van der Waals surface area contributed by atoms with E-state index in [0.717, 1.165) is 11.1 Å². The second kappa shape index (κ2) is 10.8. The highest BCUT2D eigenvalue weighted by atomic mass is 79.9. The van der Waals surface area contributed by atoms with E-state index in [9.17, 15) is 9.59 Å². The number of fused-ring (bicyclic) bond motifs is 1. The maximum Gasteiger partial charge on any atom is 0.338 e. The number of hydrogen-bond acceptors (Lipinski definition) is 7. The topological polar surface area (TPSA) is 93.7 Å². The molecule has 0 radical (unpaired) electrons. The van der Waals surface area contributed by atoms with Crippen LogP contribution in [0.3, 0.4) is 0 Å². The van der Waals surface area contributed by atoms with Crippen LogP contribution in [0, 0.1) is 18.3 Å². The van der Waals surface area contributed by atoms with E-state index in [1.165, 1.54) is 15.9 Å². The summed E-state index contributed by atoms with van der Waals surface area (Å²) in [5.41, 5.74) is 2.86. The van der Waals surface area contributed by atoms with Gasteiger partial charge in [-0.25, -0.2) is 9.79 Å². The molecule has 4 rings (SSSR count). The van der Waals surface area contributed by atoms with Crippen molar-refractivity contribution in [3.63, 3.8) is 0 Å². The van der Waals surface area contributed by atoms with Crippen molar-refractivity contribution in [1.29, 1.82) is 5.26 Å². The average Bonchev–Trinajstić information content (AvgIpc) is 3.12. The van der Waals surface area contributed by atoms with E-state index in [0.29, 0.717) is 41.4 Å². The SMILES string of the molecule is CCOC(=O)C1=C(C)N=c2s/c(=C\c3cc(Cl)cc(Br)c3OCC#N)c(=O)n2[C@H]1c1ccc(C)cc1. The van der Waals surface area contributed by atoms with Gasteiger partial charge in [0.25, 0.3) is 5.56 Å². The summed E-state index contributed by atoms with van der Waals surface area (Å²) in [6.07, 6.45) is 1.66. The van der Waals surface area contributed by atoms with Gasteiger partial charge in [0.05, 0.1) is 32.9 Å². The van der Waals surface area contributed by atoms with Gasteiger partial charge in [0.1, 0.15) is 11.8 Å². The second-order valence-electron chi connectivity index (χ2n) is 7.97. The molecule has 0 fully saturated rings. The lowest BCUT2D eigenvalue weighted by Crippen LogP contribution is -2.39. The molecule has 1 aromatic heterocycles. The molecule has 36 heavy (non-hydrogen) atoms. The van der Waals surface area contributed by atoms with E-state index in [2.05, 4.69) is 20.9 Å². The molecule has 2 heterocycles. The van der Waals surface area contributed by atoms with Crippen molar-refractivity contribution >= 4 is 50.9 Å². The number of allylic oxidation sites excluding steroid dienone is 1. The monoisotopic (exact) mass is 585 g/mol. The van der Waals surface area contributed by atoms with E-state index in [-0.39, 0.29) is 18.8 Å². The predicted octanol–water partition coefficient (Wildman–Crippen LogP) is 4.43. The van der Waals surface area contributed by atoms with Crippen molar-refractivity contribution in [3.8, 4) is 11.8 Å². The fraction of sp³-hybridized carbons (Fsp3) is 0.231. The average molecular weight is 587 g/mol. The summed E-state index contributed by atoms with van der Waals surface area (Å²) in [7, 11) is 0. The predicted molar refractivity (Wildman–Crippen MR) is 142 cm³/mol. The number of carbonyl (C=O) groups is 1. The lowest BCUT2D eigenvalue weighted by Gasteiger charge is -2.24. The smallest absolute Gasteiger partial charge is 0.338 e. The maximum absolute atomic E-state index is 13.8. The van der Waals surface area contributed by atoms with Crippen LogP contribution in [0.15, 0.2) is 61.9 Å². The van der Waals surface area contributed by atoms with Crippen LogP contribution >= 0.6 is 38.9 Å². The third-order valence-corrected chi connectivity index (χ3v) is 7.31. The highest BCUT2D eigenvalue weighted by Gasteiger charge is 2.33. The first-order valence-electron chi connectivity index (χ1n) is 11.0. The number of aromatic nitrogens is 1. The van der Waals surface area contributed by atoms with E-state index in [1.54, 1.807) is 32.1 Å². The van der Waals surface area contributed by atoms with Gasteiger partial charge in [0.15, 0.2) is 11.4 Å². The van der Waals surface area contributed by atoms with Crippen LogP contribution in [0.1, 0.15) is 36.6 Å². The Morgan fingerprint density at radius 1 is 1.31 bits per heavy atom. The zero-order chi connectivity index (χ0) is 26.0. The Balaban J connectivity index is 1.96. The summed E-state index contributed by atoms with van der Waals surface area (Å²) in [5, 5.41) is 9.40. The van der Waals surface area contributed by atoms with Gasteiger partial charge in [0, 0.05) is 10.6 Å². The van der Waals surface area contributed by atoms with Gasteiger partial charge >= 0.3 is 5.97 Å². The van der Waals surface area contributed by atoms with E-state index >= 15 is 0 Å². The summed E-state index contributed by atoms with van der Waals surface area (Å²) in [6.45, 7) is 5.48. The van der Waals surface area contributed by atoms with Crippen LogP contribution in [0.2, 0.25) is 5.02 Å². The molecule has 0 spiro atoms. The molecule has 0 saturated carbocycles. The Morgan fingerprint density at radius 3 is 2.69 bits per heavy atom. The molecule has 7 nitrogen and oxygen atoms in total. The molecule has 0 amide bonds. The molecular formula is C26H21BrClN3O4S. The number of hydrogen-bond donors (Lipinski definition) is 0. The Hall–Kier alpha value is -3.19. The molecule has 1 aliphatic heterocycles. The molecule has 3 aromatic rings. The summed E-state index contributed by atoms with van der Waals surface area (Å²) >= 11 is 10.9. The van der Waals surface area contributed by atoms with Gasteiger partial charge in [-0.2, -0.15) is 5.26 Å². The van der Waals surface area contributed by atoms with Gasteiger partial charge in [-0.15, -0.1) is 0 Å². The van der Waals surface area contributed by atoms with Crippen LogP contribution in [0.4, 0.5) is 0 Å². The molecule has 0 N–H and O–H groups in total. The van der Waals surface area contributed by atoms with Crippen molar-refractivity contribution in [2.75, 3.05) is 13.2 Å². The Labute approximate surface area is 224 Å². The number of nitrogens with zero attached hydrogens (tertiary/aromatic N) is 3. The van der Waals surface area contributed by atoms with Crippen LogP contribution in [-0.2, 0) is 9.53 Å². The zero-order valence-electron chi connectivity index (χ0n) is 19.7. The van der Waals surface area contributed by atoms with E-state index < -0.39 is 12.0 Å². The molecular weight excluding hydrogens is 566 g/mol. The molecule has 1 atom stereocenters. The zero-order valence-corrected chi connectivity index (χ0v) is 22.8. The lowest BCUT2D eigenvalue weighted by atomic mass is 9.95. The quantitative estimate of drug-likeness (QED) is 0.399. The van der Waals surface area contributed by atoms with Crippen LogP contribution in [0.5, 0.6) is 5.75 Å². The third kappa shape index (κ3) is 5.03. The van der Waals surface area contributed by atoms with Gasteiger partial charge < -0.3 is 9.47 Å². The van der Waals surface area contributed by atoms with Gasteiger partial charge in [0.2, 0.25) is 0 Å². The number of halogens is 2. The molecule has 0 aliphatic carbocycles. The maximum atomic E-state index is 13.8. The lowest BCUT2D eigenvalue weighted by molar-refractivity contribution is -0.139. The number of aryl methyl sites for hydroxylation is 1. The fourth-order valence-electron chi connectivity index (χ4n) is 3.94. The normalized spacial score (nSPS) is 15.2. The summed E-state index contributed by atoms with van der Waals surface area (Å²) < 4.78 is 13.4. The summed E-state index contributed by atoms with van der Waals surface area (Å²) in [6, 6.07) is 12.2. The first-order chi connectivity index (χ1) is 17.2. The minimum absolute atomic E-state index is 0.169. The molecule has 2 aromatic carbocycles. The summed E-state index contributed by atoms with van der Waals surface area (Å²) in [4.78, 5) is 31.8. The van der Waals surface area contributed by atoms with Gasteiger partial charge in [-0.05, 0) is 60.5 Å². The Kier molecular flexibility index (Phi) is 7.79. The number of benzene rings is 2. The van der Waals surface area contributed by atoms with E-state index in [4.69, 9.17) is 26.3 Å². The van der Waals surface area contributed by atoms with Gasteiger partial charge in [-0.1, -0.05) is 52.8 Å². The third-order valence-electron chi connectivity index (χ3n) is 5.51. The molecule has 1 aliphatic rings. The second-order valence-corrected chi connectivity index (χ2v) is 10.3. The number of ether oxygens (including phenoxy) is 2. The van der Waals surface area contributed by atoms with Crippen LogP contribution < -0.4 is 19.6 Å². The first kappa shape index (κ1) is 25.9. The van der Waals surface area contributed by atoms with Crippen molar-refractivity contribution in [2.45, 2.75) is 26.8 Å². The molecule has 0 saturated heterocycles. The number of rotatable bonds is 6. The largest absolute Gasteiger partial charge is 0.477 e. The molecule has 0 unspecified atom stereocenters. The minimum atomic E-state index is -0.691. The number of carbonyl (C=O) groups excluding carboxylic acids is 1. The van der Waals surface area contributed by atoms with Crippen molar-refractivity contribution in [3.05, 3.63) is 93.5 Å². The minimum Gasteiger partial charge on any atom is -0.477 e. The fourth-order valence-corrected chi connectivity index (χ4v) is 5.93. The van der Waals surface area contributed by atoms with Crippen molar-refractivity contribution in [2.24, 2.45) is 4.99 Å². The Bertz CT molecular complexity index is 1600. The highest BCUT2D eigenvalue weighted by molar-refractivity contribution is 9.10.